The molecular formula is C13H13ClOS2. The number of aliphatic hydroxyl groups excluding tert-OH is 1. The molecule has 1 heterocycles. The van der Waals surface area contributed by atoms with Crippen molar-refractivity contribution in [2.45, 2.75) is 17.9 Å². The third kappa shape index (κ3) is 3.49. The maximum Gasteiger partial charge on any atom is 0.0894 e. The Bertz CT molecular complexity index is 496. The standard InChI is InChI=1S/C13H13ClOS2/c1-9-6-16-7-12(9)13(15)8-17-11-4-2-3-10(14)5-11/h2-7,13,15H,8H2,1H3. The number of benzene rings is 1. The van der Waals surface area contributed by atoms with Gasteiger partial charge in [0.15, 0.2) is 0 Å². The second-order valence-electron chi connectivity index (χ2n) is 3.79. The van der Waals surface area contributed by atoms with Crippen molar-refractivity contribution in [3.8, 4) is 0 Å². The summed E-state index contributed by atoms with van der Waals surface area (Å²) >= 11 is 9.16. The van der Waals surface area contributed by atoms with E-state index < -0.39 is 6.10 Å². The molecule has 2 aromatic rings. The molecule has 0 aliphatic rings. The zero-order valence-corrected chi connectivity index (χ0v) is 11.8. The van der Waals surface area contributed by atoms with E-state index in [9.17, 15) is 5.11 Å². The summed E-state index contributed by atoms with van der Waals surface area (Å²) in [5.41, 5.74) is 2.19. The van der Waals surface area contributed by atoms with Crippen molar-refractivity contribution in [3.63, 3.8) is 0 Å². The van der Waals surface area contributed by atoms with Gasteiger partial charge in [-0.15, -0.1) is 11.8 Å². The van der Waals surface area contributed by atoms with Crippen molar-refractivity contribution < 1.29 is 5.11 Å². The van der Waals surface area contributed by atoms with Gasteiger partial charge < -0.3 is 5.11 Å². The van der Waals surface area contributed by atoms with Crippen molar-refractivity contribution >= 4 is 34.7 Å². The molecule has 1 N–H and O–H groups in total. The molecule has 0 saturated heterocycles. The minimum absolute atomic E-state index is 0.412. The fourth-order valence-electron chi connectivity index (χ4n) is 1.53. The summed E-state index contributed by atoms with van der Waals surface area (Å²) in [5, 5.41) is 14.9. The first-order valence-electron chi connectivity index (χ1n) is 5.26. The molecule has 0 aliphatic heterocycles. The van der Waals surface area contributed by atoms with Gasteiger partial charge in [0.1, 0.15) is 0 Å². The monoisotopic (exact) mass is 284 g/mol. The van der Waals surface area contributed by atoms with E-state index in [0.29, 0.717) is 5.75 Å². The molecule has 0 aliphatic carbocycles. The SMILES string of the molecule is Cc1cscc1C(O)CSc1cccc(Cl)c1. The maximum atomic E-state index is 10.1. The summed E-state index contributed by atoms with van der Waals surface area (Å²) < 4.78 is 0. The molecule has 0 saturated carbocycles. The fourth-order valence-corrected chi connectivity index (χ4v) is 3.60. The number of hydrogen-bond donors (Lipinski definition) is 1. The van der Waals surface area contributed by atoms with Crippen LogP contribution in [0, 0.1) is 6.92 Å². The summed E-state index contributed by atoms with van der Waals surface area (Å²) in [7, 11) is 0. The van der Waals surface area contributed by atoms with Crippen LogP contribution in [0.3, 0.4) is 0 Å². The smallest absolute Gasteiger partial charge is 0.0894 e. The summed E-state index contributed by atoms with van der Waals surface area (Å²) in [6, 6.07) is 7.70. The molecule has 1 atom stereocenters. The van der Waals surface area contributed by atoms with Gasteiger partial charge in [-0.1, -0.05) is 17.7 Å². The van der Waals surface area contributed by atoms with E-state index in [4.69, 9.17) is 11.6 Å². The van der Waals surface area contributed by atoms with Crippen molar-refractivity contribution in [1.29, 1.82) is 0 Å². The normalized spacial score (nSPS) is 12.6. The van der Waals surface area contributed by atoms with Crippen LogP contribution in [0.1, 0.15) is 17.2 Å². The highest BCUT2D eigenvalue weighted by molar-refractivity contribution is 7.99. The highest BCUT2D eigenvalue weighted by Gasteiger charge is 2.11. The van der Waals surface area contributed by atoms with Gasteiger partial charge in [-0.2, -0.15) is 11.3 Å². The molecule has 4 heteroatoms. The first kappa shape index (κ1) is 13.0. The van der Waals surface area contributed by atoms with Gasteiger partial charge in [0.2, 0.25) is 0 Å². The number of aliphatic hydroxyl groups is 1. The van der Waals surface area contributed by atoms with Crippen LogP contribution in [-0.4, -0.2) is 10.9 Å². The summed E-state index contributed by atoms with van der Waals surface area (Å²) in [5.74, 6) is 0.651. The van der Waals surface area contributed by atoms with Crippen molar-refractivity contribution in [3.05, 3.63) is 51.2 Å². The van der Waals surface area contributed by atoms with E-state index in [1.54, 1.807) is 23.1 Å². The Balaban J connectivity index is 1.97. The van der Waals surface area contributed by atoms with Gasteiger partial charge in [-0.05, 0) is 47.0 Å². The largest absolute Gasteiger partial charge is 0.387 e. The topological polar surface area (TPSA) is 20.2 Å². The van der Waals surface area contributed by atoms with Gasteiger partial charge in [-0.3, -0.25) is 0 Å². The Labute approximate surface area is 114 Å². The van der Waals surface area contributed by atoms with E-state index in [2.05, 4.69) is 5.38 Å². The zero-order chi connectivity index (χ0) is 12.3. The lowest BCUT2D eigenvalue weighted by Gasteiger charge is -2.10. The maximum absolute atomic E-state index is 10.1. The molecule has 1 unspecified atom stereocenters. The van der Waals surface area contributed by atoms with Crippen LogP contribution in [0.25, 0.3) is 0 Å². The number of rotatable bonds is 4. The highest BCUT2D eigenvalue weighted by Crippen LogP contribution is 2.29. The number of aryl methyl sites for hydroxylation is 1. The molecule has 0 radical (unpaired) electrons. The summed E-state index contributed by atoms with van der Waals surface area (Å²) in [6.45, 7) is 2.03. The Morgan fingerprint density at radius 2 is 2.24 bits per heavy atom. The lowest BCUT2D eigenvalue weighted by Crippen LogP contribution is -2.00. The predicted molar refractivity (Wildman–Crippen MR) is 76.2 cm³/mol. The highest BCUT2D eigenvalue weighted by atomic mass is 35.5. The molecule has 17 heavy (non-hydrogen) atoms. The molecule has 0 fully saturated rings. The first-order valence-corrected chi connectivity index (χ1v) is 7.56. The molecule has 1 aromatic heterocycles. The Morgan fingerprint density at radius 1 is 1.41 bits per heavy atom. The Morgan fingerprint density at radius 3 is 2.88 bits per heavy atom. The third-order valence-electron chi connectivity index (χ3n) is 2.46. The number of thioether (sulfide) groups is 1. The number of thiophene rings is 1. The number of hydrogen-bond acceptors (Lipinski definition) is 3. The molecule has 0 amide bonds. The summed E-state index contributed by atoms with van der Waals surface area (Å²) in [4.78, 5) is 1.09. The fraction of sp³-hybridized carbons (Fsp3) is 0.231. The van der Waals surface area contributed by atoms with Crippen LogP contribution in [-0.2, 0) is 0 Å². The lowest BCUT2D eigenvalue weighted by atomic mass is 10.1. The van der Waals surface area contributed by atoms with Crippen LogP contribution in [0.15, 0.2) is 39.9 Å². The zero-order valence-electron chi connectivity index (χ0n) is 9.39. The van der Waals surface area contributed by atoms with Crippen LogP contribution in [0.5, 0.6) is 0 Å². The molecule has 2 rings (SSSR count). The van der Waals surface area contributed by atoms with Crippen LogP contribution in [0.4, 0.5) is 0 Å². The lowest BCUT2D eigenvalue weighted by molar-refractivity contribution is 0.204. The van der Waals surface area contributed by atoms with Crippen LogP contribution in [0.2, 0.25) is 5.02 Å². The summed E-state index contributed by atoms with van der Waals surface area (Å²) in [6.07, 6.45) is -0.412. The Hall–Kier alpha value is -0.480. The van der Waals surface area contributed by atoms with Crippen LogP contribution >= 0.6 is 34.7 Å². The molecular weight excluding hydrogens is 272 g/mol. The molecule has 0 bridgehead atoms. The molecule has 1 nitrogen and oxygen atoms in total. The van der Waals surface area contributed by atoms with E-state index >= 15 is 0 Å². The van der Waals surface area contributed by atoms with Gasteiger partial charge >= 0.3 is 0 Å². The van der Waals surface area contributed by atoms with Crippen molar-refractivity contribution in [1.82, 2.24) is 0 Å². The second kappa shape index (κ2) is 5.91. The van der Waals surface area contributed by atoms with E-state index in [-0.39, 0.29) is 0 Å². The van der Waals surface area contributed by atoms with E-state index in [1.807, 2.05) is 36.6 Å². The van der Waals surface area contributed by atoms with Crippen LogP contribution < -0.4 is 0 Å². The van der Waals surface area contributed by atoms with Gasteiger partial charge in [0, 0.05) is 15.7 Å². The van der Waals surface area contributed by atoms with Crippen molar-refractivity contribution in [2.75, 3.05) is 5.75 Å². The first-order chi connectivity index (χ1) is 8.16. The second-order valence-corrected chi connectivity index (χ2v) is 6.07. The minimum Gasteiger partial charge on any atom is -0.387 e. The minimum atomic E-state index is -0.412. The molecule has 90 valence electrons. The third-order valence-corrected chi connectivity index (χ3v) is 4.64. The van der Waals surface area contributed by atoms with Crippen molar-refractivity contribution in [2.24, 2.45) is 0 Å². The predicted octanol–water partition coefficient (Wildman–Crippen LogP) is 4.54. The quantitative estimate of drug-likeness (QED) is 0.832. The van der Waals surface area contributed by atoms with E-state index in [1.165, 1.54) is 0 Å². The van der Waals surface area contributed by atoms with Gasteiger partial charge in [0.25, 0.3) is 0 Å². The molecule has 1 aromatic carbocycles. The van der Waals surface area contributed by atoms with E-state index in [0.717, 1.165) is 21.0 Å². The average molecular weight is 285 g/mol. The number of halogens is 1. The van der Waals surface area contributed by atoms with Gasteiger partial charge in [-0.25, -0.2) is 0 Å². The van der Waals surface area contributed by atoms with Gasteiger partial charge in [0.05, 0.1) is 6.10 Å². The Kier molecular flexibility index (Phi) is 4.51. The molecule has 0 spiro atoms. The average Bonchev–Trinajstić information content (AvgIpc) is 2.72.